The summed E-state index contributed by atoms with van der Waals surface area (Å²) in [6, 6.07) is 47.5. The Kier molecular flexibility index (Phi) is 5.33. The number of anilines is 3. The molecule has 0 unspecified atom stereocenters. The van der Waals surface area contributed by atoms with Gasteiger partial charge in [-0.25, -0.2) is 0 Å². The maximum atomic E-state index is 6.76. The van der Waals surface area contributed by atoms with Crippen LogP contribution < -0.4 is 4.90 Å². The number of halogens is 1. The van der Waals surface area contributed by atoms with Crippen molar-refractivity contribution in [3.63, 3.8) is 0 Å². The van der Waals surface area contributed by atoms with Gasteiger partial charge >= 0.3 is 0 Å². The molecule has 210 valence electrons. The molecule has 0 fully saturated rings. The predicted octanol–water partition coefficient (Wildman–Crippen LogP) is 12.3. The van der Waals surface area contributed by atoms with Crippen LogP contribution in [0, 0.1) is 0 Å². The number of hydrogen-bond acceptors (Lipinski definition) is 2. The first-order chi connectivity index (χ1) is 21.5. The standard InChI is InChI=1S/C41H28ClNO/c1-41(2)36-15-9-8-13-30(36)31-20-17-27(23-37(31)41)43(26-10-4-3-5-11-26)28-18-21-34-38(24-28)44-40-33-19-16-25(42)22-35(33)29-12-6-7-14-32(29)39(34)40/h3-24H,1-2H3. The van der Waals surface area contributed by atoms with E-state index in [4.69, 9.17) is 16.0 Å². The van der Waals surface area contributed by atoms with Crippen molar-refractivity contribution in [2.24, 2.45) is 0 Å². The molecule has 44 heavy (non-hydrogen) atoms. The second-order valence-corrected chi connectivity index (χ2v) is 12.7. The van der Waals surface area contributed by atoms with Crippen LogP contribution >= 0.6 is 11.6 Å². The summed E-state index contributed by atoms with van der Waals surface area (Å²) in [6.07, 6.45) is 0. The van der Waals surface area contributed by atoms with Crippen molar-refractivity contribution in [1.29, 1.82) is 0 Å². The predicted molar refractivity (Wildman–Crippen MR) is 186 cm³/mol. The zero-order valence-electron chi connectivity index (χ0n) is 24.4. The van der Waals surface area contributed by atoms with Crippen molar-refractivity contribution in [3.05, 3.63) is 150 Å². The number of rotatable bonds is 3. The van der Waals surface area contributed by atoms with E-state index >= 15 is 0 Å². The van der Waals surface area contributed by atoms with Gasteiger partial charge < -0.3 is 9.32 Å². The van der Waals surface area contributed by atoms with Gasteiger partial charge in [-0.15, -0.1) is 0 Å². The highest BCUT2D eigenvalue weighted by Crippen LogP contribution is 2.51. The summed E-state index contributed by atoms with van der Waals surface area (Å²) in [7, 11) is 0. The quantitative estimate of drug-likeness (QED) is 0.192. The maximum absolute atomic E-state index is 6.76. The lowest BCUT2D eigenvalue weighted by atomic mass is 9.82. The number of benzene rings is 7. The molecule has 0 N–H and O–H groups in total. The van der Waals surface area contributed by atoms with Crippen LogP contribution in [0.2, 0.25) is 5.02 Å². The smallest absolute Gasteiger partial charge is 0.143 e. The number of nitrogens with zero attached hydrogens (tertiary/aromatic N) is 1. The van der Waals surface area contributed by atoms with Crippen LogP contribution in [-0.4, -0.2) is 0 Å². The zero-order valence-corrected chi connectivity index (χ0v) is 25.2. The minimum Gasteiger partial charge on any atom is -0.455 e. The summed E-state index contributed by atoms with van der Waals surface area (Å²) in [4.78, 5) is 2.34. The van der Waals surface area contributed by atoms with Crippen molar-refractivity contribution in [1.82, 2.24) is 0 Å². The minimum atomic E-state index is -0.0853. The molecule has 0 amide bonds. The van der Waals surface area contributed by atoms with E-state index < -0.39 is 0 Å². The first kappa shape index (κ1) is 25.4. The van der Waals surface area contributed by atoms with Gasteiger partial charge in [-0.05, 0) is 93.0 Å². The third-order valence-corrected chi connectivity index (χ3v) is 9.72. The number of furan rings is 1. The highest BCUT2D eigenvalue weighted by atomic mass is 35.5. The van der Waals surface area contributed by atoms with Gasteiger partial charge in [0.15, 0.2) is 0 Å². The molecule has 0 spiro atoms. The monoisotopic (exact) mass is 585 g/mol. The zero-order chi connectivity index (χ0) is 29.6. The fourth-order valence-electron chi connectivity index (χ4n) is 7.41. The van der Waals surface area contributed by atoms with E-state index in [2.05, 4.69) is 140 Å². The van der Waals surface area contributed by atoms with E-state index in [0.717, 1.165) is 54.8 Å². The lowest BCUT2D eigenvalue weighted by Crippen LogP contribution is -2.16. The van der Waals surface area contributed by atoms with Gasteiger partial charge in [-0.1, -0.05) is 98.2 Å². The molecule has 0 aliphatic heterocycles. The second kappa shape index (κ2) is 9.22. The van der Waals surface area contributed by atoms with Crippen LogP contribution in [0.15, 0.2) is 138 Å². The lowest BCUT2D eigenvalue weighted by Gasteiger charge is -2.28. The van der Waals surface area contributed by atoms with Crippen LogP contribution in [0.5, 0.6) is 0 Å². The highest BCUT2D eigenvalue weighted by molar-refractivity contribution is 6.34. The van der Waals surface area contributed by atoms with Gasteiger partial charge in [-0.2, -0.15) is 0 Å². The summed E-state index contributed by atoms with van der Waals surface area (Å²) in [6.45, 7) is 4.66. The molecular formula is C41H28ClNO. The second-order valence-electron chi connectivity index (χ2n) is 12.3. The van der Waals surface area contributed by atoms with E-state index in [9.17, 15) is 0 Å². The Hall–Kier alpha value is -5.05. The van der Waals surface area contributed by atoms with Crippen molar-refractivity contribution < 1.29 is 4.42 Å². The van der Waals surface area contributed by atoms with Gasteiger partial charge in [0.05, 0.1) is 0 Å². The average Bonchev–Trinajstić information content (AvgIpc) is 3.54. The molecule has 0 saturated heterocycles. The molecular weight excluding hydrogens is 558 g/mol. The number of hydrogen-bond donors (Lipinski definition) is 0. The Balaban J connectivity index is 1.28. The Labute approximate surface area is 260 Å². The average molecular weight is 586 g/mol. The summed E-state index contributed by atoms with van der Waals surface area (Å²) < 4.78 is 6.76. The Bertz CT molecular complexity index is 2440. The minimum absolute atomic E-state index is 0.0853. The summed E-state index contributed by atoms with van der Waals surface area (Å²) in [5.74, 6) is 0. The summed E-state index contributed by atoms with van der Waals surface area (Å²) in [5.41, 5.74) is 10.3. The van der Waals surface area contributed by atoms with E-state index in [0.29, 0.717) is 0 Å². The molecule has 8 aromatic rings. The fourth-order valence-corrected chi connectivity index (χ4v) is 7.58. The molecule has 2 nitrogen and oxygen atoms in total. The van der Waals surface area contributed by atoms with Crippen molar-refractivity contribution >= 4 is 72.1 Å². The third kappa shape index (κ3) is 3.55. The van der Waals surface area contributed by atoms with Crippen LogP contribution in [0.1, 0.15) is 25.0 Å². The maximum Gasteiger partial charge on any atom is 0.143 e. The Morgan fingerprint density at radius 1 is 0.523 bits per heavy atom. The SMILES string of the molecule is CC1(C)c2ccccc2-c2ccc(N(c3ccccc3)c3ccc4c(c3)oc3c5ccc(Cl)cc5c5ccccc5c43)cc21. The molecule has 0 atom stereocenters. The number of fused-ring (bicyclic) bond motifs is 11. The molecule has 3 heteroatoms. The molecule has 1 aromatic heterocycles. The normalized spacial score (nSPS) is 13.5. The van der Waals surface area contributed by atoms with E-state index in [1.807, 2.05) is 12.1 Å². The summed E-state index contributed by atoms with van der Waals surface area (Å²) >= 11 is 6.46. The van der Waals surface area contributed by atoms with E-state index in [1.54, 1.807) is 0 Å². The van der Waals surface area contributed by atoms with Gasteiger partial charge in [0.2, 0.25) is 0 Å². The first-order valence-corrected chi connectivity index (χ1v) is 15.4. The Morgan fingerprint density at radius 3 is 2.07 bits per heavy atom. The van der Waals surface area contributed by atoms with Crippen molar-refractivity contribution in [3.8, 4) is 11.1 Å². The van der Waals surface area contributed by atoms with Gasteiger partial charge in [0.25, 0.3) is 0 Å². The van der Waals surface area contributed by atoms with Crippen LogP contribution in [-0.2, 0) is 5.41 Å². The highest BCUT2D eigenvalue weighted by Gasteiger charge is 2.35. The van der Waals surface area contributed by atoms with Crippen molar-refractivity contribution in [2.75, 3.05) is 4.90 Å². The van der Waals surface area contributed by atoms with Gasteiger partial charge in [-0.3, -0.25) is 0 Å². The van der Waals surface area contributed by atoms with Crippen LogP contribution in [0.25, 0.3) is 54.6 Å². The summed E-state index contributed by atoms with van der Waals surface area (Å²) in [5, 5.41) is 7.49. The van der Waals surface area contributed by atoms with Crippen LogP contribution in [0.3, 0.4) is 0 Å². The molecule has 9 rings (SSSR count). The van der Waals surface area contributed by atoms with E-state index in [-0.39, 0.29) is 5.41 Å². The van der Waals surface area contributed by atoms with Crippen molar-refractivity contribution in [2.45, 2.75) is 19.3 Å². The molecule has 0 bridgehead atoms. The fraction of sp³-hybridized carbons (Fsp3) is 0.0732. The third-order valence-electron chi connectivity index (χ3n) is 9.48. The molecule has 1 heterocycles. The van der Waals surface area contributed by atoms with Gasteiger partial charge in [0.1, 0.15) is 11.2 Å². The molecule has 1 aliphatic rings. The molecule has 0 radical (unpaired) electrons. The lowest BCUT2D eigenvalue weighted by molar-refractivity contribution is 0.660. The Morgan fingerprint density at radius 2 is 1.20 bits per heavy atom. The number of para-hydroxylation sites is 1. The molecule has 1 aliphatic carbocycles. The molecule has 0 saturated carbocycles. The van der Waals surface area contributed by atoms with Crippen LogP contribution in [0.4, 0.5) is 17.1 Å². The topological polar surface area (TPSA) is 16.4 Å². The largest absolute Gasteiger partial charge is 0.455 e. The first-order valence-electron chi connectivity index (χ1n) is 15.0. The molecule has 7 aromatic carbocycles. The van der Waals surface area contributed by atoms with Gasteiger partial charge in [0, 0.05) is 49.7 Å². The van der Waals surface area contributed by atoms with E-state index in [1.165, 1.54) is 33.0 Å².